The average Bonchev–Trinajstić information content (AvgIpc) is 2.41. The summed E-state index contributed by atoms with van der Waals surface area (Å²) in [4.78, 5) is 24.6. The normalized spacial score (nSPS) is 12.8. The molecular weight excluding hydrogens is 254 g/mol. The van der Waals surface area contributed by atoms with Crippen molar-refractivity contribution in [3.63, 3.8) is 0 Å². The van der Waals surface area contributed by atoms with Gasteiger partial charge in [0.15, 0.2) is 5.78 Å². The van der Waals surface area contributed by atoms with Gasteiger partial charge in [-0.15, -0.1) is 0 Å². The van der Waals surface area contributed by atoms with Gasteiger partial charge < -0.3 is 10.4 Å². The molecule has 0 aliphatic heterocycles. The molecule has 1 rings (SSSR count). The van der Waals surface area contributed by atoms with Gasteiger partial charge in [0.25, 0.3) is 0 Å². The molecule has 0 spiro atoms. The maximum Gasteiger partial charge on any atom is 0.231 e. The second-order valence-corrected chi connectivity index (χ2v) is 5.87. The van der Waals surface area contributed by atoms with Crippen LogP contribution in [0, 0.1) is 11.3 Å². The van der Waals surface area contributed by atoms with Crippen LogP contribution in [0.1, 0.15) is 26.3 Å². The Labute approximate surface area is 120 Å². The number of rotatable bonds is 6. The van der Waals surface area contributed by atoms with E-state index in [1.54, 1.807) is 0 Å². The third kappa shape index (κ3) is 4.78. The van der Waals surface area contributed by atoms with Crippen LogP contribution < -0.4 is 5.32 Å². The van der Waals surface area contributed by atoms with Crippen LogP contribution >= 0.6 is 0 Å². The van der Waals surface area contributed by atoms with Crippen molar-refractivity contribution < 1.29 is 14.7 Å². The van der Waals surface area contributed by atoms with Gasteiger partial charge >= 0.3 is 0 Å². The smallest absolute Gasteiger partial charge is 0.231 e. The fraction of sp³-hybridized carbons (Fsp3) is 0.500. The van der Waals surface area contributed by atoms with Crippen molar-refractivity contribution in [1.29, 1.82) is 0 Å². The molecule has 0 aliphatic carbocycles. The van der Waals surface area contributed by atoms with Crippen molar-refractivity contribution in [3.8, 4) is 0 Å². The molecule has 4 heteroatoms. The van der Waals surface area contributed by atoms with Gasteiger partial charge in [0, 0.05) is 12.0 Å². The molecule has 0 saturated carbocycles. The lowest BCUT2D eigenvalue weighted by molar-refractivity contribution is -0.138. The zero-order chi connectivity index (χ0) is 15.2. The Kier molecular flexibility index (Phi) is 5.89. The summed E-state index contributed by atoms with van der Waals surface area (Å²) >= 11 is 0. The first-order chi connectivity index (χ1) is 9.36. The number of nitrogens with one attached hydrogen (secondary N) is 1. The lowest BCUT2D eigenvalue weighted by Gasteiger charge is -2.24. The van der Waals surface area contributed by atoms with Gasteiger partial charge in [-0.25, -0.2) is 0 Å². The number of carbonyl (C=O) groups is 2. The molecule has 0 aromatic heterocycles. The van der Waals surface area contributed by atoms with E-state index in [-0.39, 0.29) is 24.8 Å². The van der Waals surface area contributed by atoms with E-state index in [0.29, 0.717) is 6.42 Å². The van der Waals surface area contributed by atoms with Crippen LogP contribution in [0.4, 0.5) is 0 Å². The summed E-state index contributed by atoms with van der Waals surface area (Å²) in [5.41, 5.74) is 0.380. The number of benzene rings is 1. The summed E-state index contributed by atoms with van der Waals surface area (Å²) in [5, 5.41) is 11.4. The number of hydrogen-bond acceptors (Lipinski definition) is 3. The standard InChI is InChI=1S/C16H23NO3/c1-16(2,3)14(19)13(15(20)17-9-10-18)11-12-7-5-4-6-8-12/h4-8,13,18H,9-11H2,1-3H3,(H,17,20). The SMILES string of the molecule is CC(C)(C)C(=O)C(Cc1ccccc1)C(=O)NCCO. The predicted octanol–water partition coefficient (Wildman–Crippen LogP) is 1.57. The Morgan fingerprint density at radius 2 is 1.80 bits per heavy atom. The highest BCUT2D eigenvalue weighted by Gasteiger charge is 2.34. The van der Waals surface area contributed by atoms with E-state index in [2.05, 4.69) is 5.32 Å². The van der Waals surface area contributed by atoms with E-state index in [0.717, 1.165) is 5.56 Å². The lowest BCUT2D eigenvalue weighted by atomic mass is 9.80. The molecule has 0 saturated heterocycles. The Balaban J connectivity index is 2.90. The fourth-order valence-electron chi connectivity index (χ4n) is 1.98. The van der Waals surface area contributed by atoms with E-state index in [1.165, 1.54) is 0 Å². The Hall–Kier alpha value is -1.68. The van der Waals surface area contributed by atoms with Crippen molar-refractivity contribution in [2.75, 3.05) is 13.2 Å². The molecule has 1 aromatic rings. The highest BCUT2D eigenvalue weighted by atomic mass is 16.3. The molecule has 0 aliphatic rings. The summed E-state index contributed by atoms with van der Waals surface area (Å²) in [7, 11) is 0. The highest BCUT2D eigenvalue weighted by molar-refractivity contribution is 6.03. The molecule has 4 nitrogen and oxygen atoms in total. The molecular formula is C16H23NO3. The molecule has 0 radical (unpaired) electrons. The van der Waals surface area contributed by atoms with Gasteiger partial charge in [-0.3, -0.25) is 9.59 Å². The summed E-state index contributed by atoms with van der Waals surface area (Å²) < 4.78 is 0. The minimum Gasteiger partial charge on any atom is -0.395 e. The molecule has 0 bridgehead atoms. The summed E-state index contributed by atoms with van der Waals surface area (Å²) in [6.07, 6.45) is 0.383. The van der Waals surface area contributed by atoms with E-state index in [4.69, 9.17) is 5.11 Å². The number of aliphatic hydroxyl groups excluding tert-OH is 1. The van der Waals surface area contributed by atoms with E-state index in [1.807, 2.05) is 51.1 Å². The minimum absolute atomic E-state index is 0.0863. The average molecular weight is 277 g/mol. The maximum atomic E-state index is 12.5. The number of ketones is 1. The zero-order valence-corrected chi connectivity index (χ0v) is 12.3. The van der Waals surface area contributed by atoms with Crippen LogP contribution in [-0.2, 0) is 16.0 Å². The Bertz CT molecular complexity index is 449. The third-order valence-corrected chi connectivity index (χ3v) is 3.07. The van der Waals surface area contributed by atoms with Gasteiger partial charge in [-0.1, -0.05) is 51.1 Å². The first-order valence-corrected chi connectivity index (χ1v) is 6.83. The molecule has 1 amide bonds. The van der Waals surface area contributed by atoms with Crippen molar-refractivity contribution in [2.45, 2.75) is 27.2 Å². The highest BCUT2D eigenvalue weighted by Crippen LogP contribution is 2.23. The van der Waals surface area contributed by atoms with Crippen LogP contribution in [0.3, 0.4) is 0 Å². The molecule has 0 fully saturated rings. The Morgan fingerprint density at radius 3 is 2.30 bits per heavy atom. The molecule has 110 valence electrons. The van der Waals surface area contributed by atoms with E-state index in [9.17, 15) is 9.59 Å². The first-order valence-electron chi connectivity index (χ1n) is 6.83. The second-order valence-electron chi connectivity index (χ2n) is 5.87. The monoisotopic (exact) mass is 277 g/mol. The molecule has 2 N–H and O–H groups in total. The maximum absolute atomic E-state index is 12.5. The minimum atomic E-state index is -0.719. The van der Waals surface area contributed by atoms with E-state index >= 15 is 0 Å². The van der Waals surface area contributed by atoms with Crippen LogP contribution in [0.25, 0.3) is 0 Å². The summed E-state index contributed by atoms with van der Waals surface area (Å²) in [6.45, 7) is 5.47. The third-order valence-electron chi connectivity index (χ3n) is 3.07. The number of amides is 1. The van der Waals surface area contributed by atoms with Crippen LogP contribution in [0.5, 0.6) is 0 Å². The number of hydrogen-bond donors (Lipinski definition) is 2. The van der Waals surface area contributed by atoms with E-state index < -0.39 is 11.3 Å². The van der Waals surface area contributed by atoms with Crippen LogP contribution in [0.2, 0.25) is 0 Å². The summed E-state index contributed by atoms with van der Waals surface area (Å²) in [5.74, 6) is -1.12. The first kappa shape index (κ1) is 16.4. The van der Waals surface area contributed by atoms with Crippen molar-refractivity contribution >= 4 is 11.7 Å². The lowest BCUT2D eigenvalue weighted by Crippen LogP contribution is -2.42. The topological polar surface area (TPSA) is 66.4 Å². The molecule has 20 heavy (non-hydrogen) atoms. The number of carbonyl (C=O) groups excluding carboxylic acids is 2. The van der Waals surface area contributed by atoms with Gasteiger partial charge in [-0.2, -0.15) is 0 Å². The second kappa shape index (κ2) is 7.20. The van der Waals surface area contributed by atoms with Crippen LogP contribution in [0.15, 0.2) is 30.3 Å². The zero-order valence-electron chi connectivity index (χ0n) is 12.3. The van der Waals surface area contributed by atoms with Gasteiger partial charge in [-0.05, 0) is 12.0 Å². The van der Waals surface area contributed by atoms with Crippen molar-refractivity contribution in [3.05, 3.63) is 35.9 Å². The molecule has 0 heterocycles. The quantitative estimate of drug-likeness (QED) is 0.776. The Morgan fingerprint density at radius 1 is 1.20 bits per heavy atom. The van der Waals surface area contributed by atoms with Crippen molar-refractivity contribution in [2.24, 2.45) is 11.3 Å². The summed E-state index contributed by atoms with van der Waals surface area (Å²) in [6, 6.07) is 9.49. The largest absolute Gasteiger partial charge is 0.395 e. The van der Waals surface area contributed by atoms with Crippen LogP contribution in [-0.4, -0.2) is 29.9 Å². The fourth-order valence-corrected chi connectivity index (χ4v) is 1.98. The van der Waals surface area contributed by atoms with Gasteiger partial charge in [0.2, 0.25) is 5.91 Å². The predicted molar refractivity (Wildman–Crippen MR) is 78.2 cm³/mol. The molecule has 1 aromatic carbocycles. The van der Waals surface area contributed by atoms with Gasteiger partial charge in [0.1, 0.15) is 5.92 Å². The molecule has 1 atom stereocenters. The molecule has 1 unspecified atom stereocenters. The van der Waals surface area contributed by atoms with Gasteiger partial charge in [0.05, 0.1) is 6.61 Å². The number of Topliss-reactive ketones (excluding diaryl/α,β-unsaturated/α-hetero) is 1. The number of aliphatic hydroxyl groups is 1. The van der Waals surface area contributed by atoms with Crippen molar-refractivity contribution in [1.82, 2.24) is 5.32 Å².